The van der Waals surface area contributed by atoms with E-state index in [1.54, 1.807) is 24.3 Å². The number of amides is 1. The SMILES string of the molecule is NC(=S)c1ccccc1NC(=O)Cc1ccc(Cl)cc1. The number of carbonyl (C=O) groups excluding carboxylic acids is 1. The fraction of sp³-hybridized carbons (Fsp3) is 0.0667. The number of anilines is 1. The van der Waals surface area contributed by atoms with Crippen molar-refractivity contribution in [2.75, 3.05) is 5.32 Å². The van der Waals surface area contributed by atoms with E-state index in [0.717, 1.165) is 5.56 Å². The van der Waals surface area contributed by atoms with Crippen LogP contribution in [-0.4, -0.2) is 10.9 Å². The smallest absolute Gasteiger partial charge is 0.228 e. The number of thiocarbonyl (C=S) groups is 1. The quantitative estimate of drug-likeness (QED) is 0.853. The Kier molecular flexibility index (Phi) is 4.71. The van der Waals surface area contributed by atoms with Crippen LogP contribution in [0.3, 0.4) is 0 Å². The van der Waals surface area contributed by atoms with E-state index in [1.807, 2.05) is 24.3 Å². The summed E-state index contributed by atoms with van der Waals surface area (Å²) in [5.41, 5.74) is 7.80. The molecular formula is C15H13ClN2OS. The number of hydrogen-bond donors (Lipinski definition) is 2. The molecule has 0 aliphatic rings. The third-order valence-electron chi connectivity index (χ3n) is 2.74. The van der Waals surface area contributed by atoms with Crippen LogP contribution in [0.2, 0.25) is 5.02 Å². The highest BCUT2D eigenvalue weighted by Gasteiger charge is 2.08. The number of halogens is 1. The molecule has 0 saturated heterocycles. The molecule has 3 N–H and O–H groups in total. The Labute approximate surface area is 127 Å². The normalized spacial score (nSPS) is 10.1. The van der Waals surface area contributed by atoms with Gasteiger partial charge < -0.3 is 11.1 Å². The predicted octanol–water partition coefficient (Wildman–Crippen LogP) is 3.16. The Balaban J connectivity index is 2.08. The summed E-state index contributed by atoms with van der Waals surface area (Å²) in [4.78, 5) is 12.3. The van der Waals surface area contributed by atoms with Gasteiger partial charge in [-0.1, -0.05) is 48.1 Å². The van der Waals surface area contributed by atoms with Crippen molar-refractivity contribution in [1.29, 1.82) is 0 Å². The van der Waals surface area contributed by atoms with E-state index in [4.69, 9.17) is 29.6 Å². The first kappa shape index (κ1) is 14.5. The average Bonchev–Trinajstić information content (AvgIpc) is 2.41. The second-order valence-corrected chi connectivity index (χ2v) is 5.14. The molecule has 0 saturated carbocycles. The molecule has 0 heterocycles. The maximum absolute atomic E-state index is 12.0. The molecule has 5 heteroatoms. The molecule has 0 atom stereocenters. The van der Waals surface area contributed by atoms with Crippen LogP contribution in [0.4, 0.5) is 5.69 Å². The molecular weight excluding hydrogens is 292 g/mol. The Morgan fingerprint density at radius 2 is 1.80 bits per heavy atom. The summed E-state index contributed by atoms with van der Waals surface area (Å²) >= 11 is 10.8. The van der Waals surface area contributed by atoms with E-state index in [-0.39, 0.29) is 17.3 Å². The summed E-state index contributed by atoms with van der Waals surface area (Å²) < 4.78 is 0. The van der Waals surface area contributed by atoms with Crippen LogP contribution in [0.1, 0.15) is 11.1 Å². The van der Waals surface area contributed by atoms with Crippen LogP contribution in [-0.2, 0) is 11.2 Å². The Bertz CT molecular complexity index is 641. The molecule has 1 amide bonds. The Morgan fingerprint density at radius 3 is 2.45 bits per heavy atom. The van der Waals surface area contributed by atoms with Crippen LogP contribution in [0, 0.1) is 0 Å². The van der Waals surface area contributed by atoms with Gasteiger partial charge in [-0.25, -0.2) is 0 Å². The van der Waals surface area contributed by atoms with Gasteiger partial charge in [0.15, 0.2) is 0 Å². The van der Waals surface area contributed by atoms with Crippen LogP contribution < -0.4 is 11.1 Å². The van der Waals surface area contributed by atoms with Gasteiger partial charge in [0.1, 0.15) is 4.99 Å². The van der Waals surface area contributed by atoms with Gasteiger partial charge in [-0.2, -0.15) is 0 Å². The molecule has 2 aromatic rings. The monoisotopic (exact) mass is 304 g/mol. The molecule has 3 nitrogen and oxygen atoms in total. The van der Waals surface area contributed by atoms with Gasteiger partial charge in [0, 0.05) is 10.6 Å². The van der Waals surface area contributed by atoms with Gasteiger partial charge in [0.2, 0.25) is 5.91 Å². The number of nitrogens with one attached hydrogen (secondary N) is 1. The Morgan fingerprint density at radius 1 is 1.15 bits per heavy atom. The summed E-state index contributed by atoms with van der Waals surface area (Å²) in [6.07, 6.45) is 0.267. The van der Waals surface area contributed by atoms with E-state index in [1.165, 1.54) is 0 Å². The van der Waals surface area contributed by atoms with E-state index in [9.17, 15) is 4.79 Å². The number of carbonyl (C=O) groups is 1. The predicted molar refractivity (Wildman–Crippen MR) is 86.1 cm³/mol. The van der Waals surface area contributed by atoms with Crippen molar-refractivity contribution in [3.8, 4) is 0 Å². The number of hydrogen-bond acceptors (Lipinski definition) is 2. The van der Waals surface area contributed by atoms with Crippen molar-refractivity contribution in [3.05, 3.63) is 64.7 Å². The minimum absolute atomic E-state index is 0.129. The molecule has 0 aromatic heterocycles. The first-order valence-electron chi connectivity index (χ1n) is 5.99. The lowest BCUT2D eigenvalue weighted by atomic mass is 10.1. The number of para-hydroxylation sites is 1. The molecule has 2 aromatic carbocycles. The van der Waals surface area contributed by atoms with Crippen LogP contribution in [0.5, 0.6) is 0 Å². The first-order valence-corrected chi connectivity index (χ1v) is 6.78. The van der Waals surface area contributed by atoms with E-state index in [0.29, 0.717) is 16.3 Å². The summed E-state index contributed by atoms with van der Waals surface area (Å²) in [6.45, 7) is 0. The zero-order valence-electron chi connectivity index (χ0n) is 10.6. The lowest BCUT2D eigenvalue weighted by Gasteiger charge is -2.10. The van der Waals surface area contributed by atoms with Crippen LogP contribution in [0.25, 0.3) is 0 Å². The summed E-state index contributed by atoms with van der Waals surface area (Å²) in [5, 5.41) is 3.46. The molecule has 0 unspecified atom stereocenters. The third kappa shape index (κ3) is 3.79. The Hall–Kier alpha value is -1.91. The van der Waals surface area contributed by atoms with Crippen molar-refractivity contribution >= 4 is 40.4 Å². The largest absolute Gasteiger partial charge is 0.389 e. The van der Waals surface area contributed by atoms with Crippen molar-refractivity contribution < 1.29 is 4.79 Å². The summed E-state index contributed by atoms with van der Waals surface area (Å²) in [6, 6.07) is 14.3. The first-order chi connectivity index (χ1) is 9.56. The fourth-order valence-electron chi connectivity index (χ4n) is 1.79. The third-order valence-corrected chi connectivity index (χ3v) is 3.22. The molecule has 0 spiro atoms. The minimum atomic E-state index is -0.129. The zero-order valence-corrected chi connectivity index (χ0v) is 12.2. The molecule has 0 radical (unpaired) electrons. The second kappa shape index (κ2) is 6.50. The van der Waals surface area contributed by atoms with E-state index in [2.05, 4.69) is 5.32 Å². The summed E-state index contributed by atoms with van der Waals surface area (Å²) in [7, 11) is 0. The molecule has 2 rings (SSSR count). The minimum Gasteiger partial charge on any atom is -0.389 e. The summed E-state index contributed by atoms with van der Waals surface area (Å²) in [5.74, 6) is -0.129. The maximum Gasteiger partial charge on any atom is 0.228 e. The highest BCUT2D eigenvalue weighted by Crippen LogP contribution is 2.16. The average molecular weight is 305 g/mol. The van der Waals surface area contributed by atoms with Crippen molar-refractivity contribution in [2.45, 2.75) is 6.42 Å². The van der Waals surface area contributed by atoms with Crippen molar-refractivity contribution in [1.82, 2.24) is 0 Å². The van der Waals surface area contributed by atoms with Crippen LogP contribution in [0.15, 0.2) is 48.5 Å². The standard InChI is InChI=1S/C15H13ClN2OS/c16-11-7-5-10(6-8-11)9-14(19)18-13-4-2-1-3-12(13)15(17)20/h1-8H,9H2,(H2,17,20)(H,18,19). The topological polar surface area (TPSA) is 55.1 Å². The fourth-order valence-corrected chi connectivity index (χ4v) is 2.09. The molecule has 102 valence electrons. The lowest BCUT2D eigenvalue weighted by Crippen LogP contribution is -2.18. The number of rotatable bonds is 4. The molecule has 0 aliphatic heterocycles. The molecule has 0 bridgehead atoms. The molecule has 20 heavy (non-hydrogen) atoms. The number of benzene rings is 2. The van der Waals surface area contributed by atoms with Gasteiger partial charge in [-0.3, -0.25) is 4.79 Å². The lowest BCUT2D eigenvalue weighted by molar-refractivity contribution is -0.115. The number of nitrogens with two attached hydrogens (primary N) is 1. The highest BCUT2D eigenvalue weighted by atomic mass is 35.5. The molecule has 0 fully saturated rings. The zero-order chi connectivity index (χ0) is 14.5. The van der Waals surface area contributed by atoms with E-state index >= 15 is 0 Å². The van der Waals surface area contributed by atoms with E-state index < -0.39 is 0 Å². The molecule has 0 aliphatic carbocycles. The van der Waals surface area contributed by atoms with Gasteiger partial charge in [0.25, 0.3) is 0 Å². The second-order valence-electron chi connectivity index (χ2n) is 4.26. The van der Waals surface area contributed by atoms with Gasteiger partial charge in [-0.15, -0.1) is 0 Å². The van der Waals surface area contributed by atoms with Gasteiger partial charge in [0.05, 0.1) is 12.1 Å². The van der Waals surface area contributed by atoms with Gasteiger partial charge in [-0.05, 0) is 29.8 Å². The highest BCUT2D eigenvalue weighted by molar-refractivity contribution is 7.80. The van der Waals surface area contributed by atoms with Crippen molar-refractivity contribution in [2.24, 2.45) is 5.73 Å². The van der Waals surface area contributed by atoms with Crippen LogP contribution >= 0.6 is 23.8 Å². The van der Waals surface area contributed by atoms with Gasteiger partial charge >= 0.3 is 0 Å². The maximum atomic E-state index is 12.0. The van der Waals surface area contributed by atoms with Crippen molar-refractivity contribution in [3.63, 3.8) is 0 Å².